The summed E-state index contributed by atoms with van der Waals surface area (Å²) in [5.41, 5.74) is 1.10. The fourth-order valence-corrected chi connectivity index (χ4v) is 2.93. The van der Waals surface area contributed by atoms with Gasteiger partial charge in [0.1, 0.15) is 6.10 Å². The van der Waals surface area contributed by atoms with Crippen LogP contribution in [0.1, 0.15) is 35.4 Å². The van der Waals surface area contributed by atoms with E-state index in [2.05, 4.69) is 17.9 Å². The molecule has 0 heterocycles. The second-order valence-corrected chi connectivity index (χ2v) is 7.05. The van der Waals surface area contributed by atoms with Crippen LogP contribution in [0.25, 0.3) is 0 Å². The number of hydrogen-bond donors (Lipinski definition) is 3. The molecule has 0 saturated carbocycles. The van der Waals surface area contributed by atoms with E-state index in [9.17, 15) is 23.9 Å². The van der Waals surface area contributed by atoms with Crippen LogP contribution in [0, 0.1) is 5.82 Å². The molecule has 2 N–H and O–H groups in total. The normalized spacial score (nSPS) is 12.5. The van der Waals surface area contributed by atoms with Gasteiger partial charge in [-0.05, 0) is 48.9 Å². The van der Waals surface area contributed by atoms with Crippen LogP contribution in [-0.2, 0) is 19.0 Å². The highest BCUT2D eigenvalue weighted by molar-refractivity contribution is 7.81. The molecule has 2 atom stereocenters. The number of benzene rings is 2. The number of anilines is 1. The fourth-order valence-electron chi connectivity index (χ4n) is 2.84. The van der Waals surface area contributed by atoms with Gasteiger partial charge in [-0.1, -0.05) is 6.07 Å². The van der Waals surface area contributed by atoms with Gasteiger partial charge >= 0.3 is 12.1 Å². The van der Waals surface area contributed by atoms with E-state index in [1.54, 1.807) is 12.1 Å². The summed E-state index contributed by atoms with van der Waals surface area (Å²) in [6.45, 7) is 1.39. The Balaban J connectivity index is 2.18. The monoisotopic (exact) mass is 465 g/mol. The Kier molecular flexibility index (Phi) is 9.48. The zero-order valence-electron chi connectivity index (χ0n) is 17.5. The first-order valence-electron chi connectivity index (χ1n) is 9.61. The molecule has 0 aliphatic rings. The number of hydrogen-bond acceptors (Lipinski definition) is 8. The Bertz CT molecular complexity index is 952. The summed E-state index contributed by atoms with van der Waals surface area (Å²) < 4.78 is 29.8. The minimum absolute atomic E-state index is 0.0353. The van der Waals surface area contributed by atoms with Crippen LogP contribution >= 0.6 is 12.6 Å². The van der Waals surface area contributed by atoms with Crippen LogP contribution in [0.4, 0.5) is 14.9 Å². The second-order valence-electron chi connectivity index (χ2n) is 6.74. The summed E-state index contributed by atoms with van der Waals surface area (Å²) in [4.78, 5) is 35.2. The number of rotatable bonds is 10. The number of halogens is 1. The molecule has 0 aliphatic heterocycles. The van der Waals surface area contributed by atoms with Crippen LogP contribution < -0.4 is 5.32 Å². The van der Waals surface area contributed by atoms with Crippen LogP contribution in [0.5, 0.6) is 5.75 Å². The number of ether oxygens (including phenoxy) is 3. The fraction of sp³-hybridized carbons (Fsp3) is 0.318. The summed E-state index contributed by atoms with van der Waals surface area (Å²) in [5, 5.41) is 12.0. The molecule has 2 rings (SSSR count). The third kappa shape index (κ3) is 7.24. The summed E-state index contributed by atoms with van der Waals surface area (Å²) in [7, 11) is 1.37. The zero-order chi connectivity index (χ0) is 23.7. The van der Waals surface area contributed by atoms with E-state index in [1.807, 2.05) is 0 Å². The third-order valence-corrected chi connectivity index (χ3v) is 4.77. The Hall–Kier alpha value is -3.11. The Morgan fingerprint density at radius 1 is 1.16 bits per heavy atom. The average Bonchev–Trinajstić information content (AvgIpc) is 2.77. The maximum atomic E-state index is 13.9. The number of phenolic OH excluding ortho intramolecular Hbond substituents is 1. The third-order valence-electron chi connectivity index (χ3n) is 4.51. The summed E-state index contributed by atoms with van der Waals surface area (Å²) in [6.07, 6.45) is -2.59. The number of carbonyl (C=O) groups excluding carboxylic acids is 3. The van der Waals surface area contributed by atoms with E-state index >= 15 is 0 Å². The molecule has 32 heavy (non-hydrogen) atoms. The molecule has 0 saturated heterocycles. The smallest absolute Gasteiger partial charge is 0.412 e. The molecule has 2 aromatic carbocycles. The summed E-state index contributed by atoms with van der Waals surface area (Å²) in [5.74, 6) is -2.18. The minimum atomic E-state index is -1.08. The molecule has 0 fully saturated rings. The number of nitrogens with one attached hydrogen (secondary N) is 1. The SMILES string of the molecule is CO[C@@H](CCOC(=O)CS)[C@@H](OC(=O)Nc1ccc(C(C)=O)cc1)c1ccc(O)c(F)c1. The zero-order valence-corrected chi connectivity index (χ0v) is 18.4. The Morgan fingerprint density at radius 3 is 2.41 bits per heavy atom. The van der Waals surface area contributed by atoms with Gasteiger partial charge in [0.25, 0.3) is 0 Å². The van der Waals surface area contributed by atoms with Gasteiger partial charge in [0.15, 0.2) is 23.5 Å². The number of aromatic hydroxyl groups is 1. The minimum Gasteiger partial charge on any atom is -0.505 e. The van der Waals surface area contributed by atoms with Crippen molar-refractivity contribution in [1.82, 2.24) is 0 Å². The van der Waals surface area contributed by atoms with Crippen LogP contribution in [0.2, 0.25) is 0 Å². The van der Waals surface area contributed by atoms with Crippen LogP contribution in [0.3, 0.4) is 0 Å². The van der Waals surface area contributed by atoms with Gasteiger partial charge in [0.05, 0.1) is 12.4 Å². The van der Waals surface area contributed by atoms with E-state index in [-0.39, 0.29) is 30.1 Å². The number of methoxy groups -OCH3 is 1. The highest BCUT2D eigenvalue weighted by Crippen LogP contribution is 2.29. The number of carbonyl (C=O) groups is 3. The molecule has 8 nitrogen and oxygen atoms in total. The van der Waals surface area contributed by atoms with Crippen molar-refractivity contribution in [1.29, 1.82) is 0 Å². The first kappa shape index (κ1) is 25.2. The molecular formula is C22H24FNO7S. The molecule has 0 aromatic heterocycles. The number of thiol groups is 1. The molecule has 0 radical (unpaired) electrons. The lowest BCUT2D eigenvalue weighted by atomic mass is 10.0. The van der Waals surface area contributed by atoms with Gasteiger partial charge in [-0.2, -0.15) is 12.6 Å². The lowest BCUT2D eigenvalue weighted by Crippen LogP contribution is -2.29. The van der Waals surface area contributed by atoms with E-state index in [0.717, 1.165) is 12.1 Å². The Morgan fingerprint density at radius 2 is 1.84 bits per heavy atom. The van der Waals surface area contributed by atoms with Crippen molar-refractivity contribution in [3.8, 4) is 5.75 Å². The second kappa shape index (κ2) is 12.1. The van der Waals surface area contributed by atoms with E-state index in [1.165, 1.54) is 32.2 Å². The van der Waals surface area contributed by atoms with Crippen molar-refractivity contribution < 1.29 is 38.1 Å². The molecular weight excluding hydrogens is 441 g/mol. The number of phenols is 1. The van der Waals surface area contributed by atoms with Crippen LogP contribution in [-0.4, -0.2) is 48.5 Å². The largest absolute Gasteiger partial charge is 0.505 e. The number of amides is 1. The molecule has 10 heteroatoms. The first-order valence-corrected chi connectivity index (χ1v) is 10.2. The highest BCUT2D eigenvalue weighted by Gasteiger charge is 2.28. The predicted molar refractivity (Wildman–Crippen MR) is 118 cm³/mol. The standard InChI is InChI=1S/C22H24FNO7S/c1-13(25)14-3-6-16(7-4-14)24-22(28)31-21(15-5-8-18(26)17(23)11-15)19(29-2)9-10-30-20(27)12-32/h3-8,11,19,21,26,32H,9-10,12H2,1-2H3,(H,24,28)/t19-,21-/m0/s1. The van der Waals surface area contributed by atoms with Crippen molar-refractivity contribution in [3.63, 3.8) is 0 Å². The van der Waals surface area contributed by atoms with Gasteiger partial charge in [-0.25, -0.2) is 9.18 Å². The molecule has 0 spiro atoms. The molecule has 172 valence electrons. The molecule has 2 aromatic rings. The van der Waals surface area contributed by atoms with E-state index in [4.69, 9.17) is 14.2 Å². The van der Waals surface area contributed by atoms with Crippen molar-refractivity contribution in [3.05, 3.63) is 59.4 Å². The van der Waals surface area contributed by atoms with Gasteiger partial charge in [0, 0.05) is 24.8 Å². The Labute approximate surface area is 190 Å². The van der Waals surface area contributed by atoms with Gasteiger partial charge in [0.2, 0.25) is 0 Å². The lowest BCUT2D eigenvalue weighted by Gasteiger charge is -2.26. The number of esters is 1. The summed E-state index contributed by atoms with van der Waals surface area (Å²) in [6, 6.07) is 9.74. The van der Waals surface area contributed by atoms with Crippen molar-refractivity contribution in [2.45, 2.75) is 25.6 Å². The van der Waals surface area contributed by atoms with Crippen LogP contribution in [0.15, 0.2) is 42.5 Å². The summed E-state index contributed by atoms with van der Waals surface area (Å²) >= 11 is 3.82. The molecule has 0 aliphatic carbocycles. The maximum absolute atomic E-state index is 13.9. The number of ketones is 1. The van der Waals surface area contributed by atoms with Gasteiger partial charge in [-0.3, -0.25) is 14.9 Å². The van der Waals surface area contributed by atoms with Crippen molar-refractivity contribution in [2.75, 3.05) is 24.8 Å². The van der Waals surface area contributed by atoms with Gasteiger partial charge in [-0.15, -0.1) is 0 Å². The average molecular weight is 465 g/mol. The molecule has 1 amide bonds. The molecule has 0 bridgehead atoms. The topological polar surface area (TPSA) is 111 Å². The van der Waals surface area contributed by atoms with Crippen molar-refractivity contribution in [2.24, 2.45) is 0 Å². The van der Waals surface area contributed by atoms with E-state index < -0.39 is 35.8 Å². The lowest BCUT2D eigenvalue weighted by molar-refractivity contribution is -0.141. The quantitative estimate of drug-likeness (QED) is 0.277. The van der Waals surface area contributed by atoms with E-state index in [0.29, 0.717) is 11.3 Å². The molecule has 0 unspecified atom stereocenters. The predicted octanol–water partition coefficient (Wildman–Crippen LogP) is 3.90. The number of Topliss-reactive ketones (excluding diaryl/α,β-unsaturated/α-hetero) is 1. The first-order chi connectivity index (χ1) is 15.2. The highest BCUT2D eigenvalue weighted by atomic mass is 32.1. The maximum Gasteiger partial charge on any atom is 0.412 e. The van der Waals surface area contributed by atoms with Crippen molar-refractivity contribution >= 4 is 36.2 Å². The van der Waals surface area contributed by atoms with Gasteiger partial charge < -0.3 is 19.3 Å².